The van der Waals surface area contributed by atoms with Crippen molar-refractivity contribution in [2.24, 2.45) is 0 Å². The Hall–Kier alpha value is -1.58. The highest BCUT2D eigenvalue weighted by Crippen LogP contribution is 2.26. The largest absolute Gasteiger partial charge is 0.281 e. The first-order valence-electron chi connectivity index (χ1n) is 6.03. The molecule has 2 rings (SSSR count). The number of aromatic nitrogens is 4. The molecule has 0 aliphatic heterocycles. The fourth-order valence-corrected chi connectivity index (χ4v) is 1.75. The minimum atomic E-state index is 0.0832. The van der Waals surface area contributed by atoms with E-state index in [9.17, 15) is 0 Å². The van der Waals surface area contributed by atoms with Crippen molar-refractivity contribution in [1.29, 1.82) is 0 Å². The maximum absolute atomic E-state index is 4.35. The van der Waals surface area contributed by atoms with E-state index in [0.29, 0.717) is 0 Å². The first-order valence-corrected chi connectivity index (χ1v) is 6.03. The maximum atomic E-state index is 4.35. The Balaban J connectivity index is 2.34. The van der Waals surface area contributed by atoms with Gasteiger partial charge in [-0.15, -0.1) is 0 Å². The first kappa shape index (κ1) is 11.9. The van der Waals surface area contributed by atoms with E-state index in [0.717, 1.165) is 35.5 Å². The summed E-state index contributed by atoms with van der Waals surface area (Å²) in [6.45, 7) is 8.64. The Morgan fingerprint density at radius 1 is 1.29 bits per heavy atom. The van der Waals surface area contributed by atoms with Crippen LogP contribution in [-0.4, -0.2) is 20.4 Å². The molecule has 2 heterocycles. The summed E-state index contributed by atoms with van der Waals surface area (Å²) >= 11 is 0. The van der Waals surface area contributed by atoms with Crippen molar-refractivity contribution in [3.8, 4) is 11.3 Å². The minimum absolute atomic E-state index is 0.0832. The molecule has 1 radical (unpaired) electrons. The lowest BCUT2D eigenvalue weighted by atomic mass is 9.92. The van der Waals surface area contributed by atoms with Crippen LogP contribution in [0.1, 0.15) is 45.5 Å². The average Bonchev–Trinajstić information content (AvgIpc) is 2.82. The van der Waals surface area contributed by atoms with Crippen molar-refractivity contribution in [2.75, 3.05) is 0 Å². The lowest BCUT2D eigenvalue weighted by Crippen LogP contribution is -2.11. The number of aryl methyl sites for hydroxylation is 1. The zero-order chi connectivity index (χ0) is 12.5. The predicted octanol–water partition coefficient (Wildman–Crippen LogP) is 2.85. The van der Waals surface area contributed by atoms with Crippen LogP contribution >= 0.6 is 0 Å². The van der Waals surface area contributed by atoms with Crippen LogP contribution in [0.3, 0.4) is 0 Å². The molecule has 0 spiro atoms. The van der Waals surface area contributed by atoms with E-state index in [-0.39, 0.29) is 5.41 Å². The second-order valence-electron chi connectivity index (χ2n) is 5.36. The molecule has 2 aromatic rings. The number of rotatable bonds is 3. The lowest BCUT2D eigenvalue weighted by molar-refractivity contribution is 0.567. The quantitative estimate of drug-likeness (QED) is 0.853. The van der Waals surface area contributed by atoms with Gasteiger partial charge >= 0.3 is 0 Å². The van der Waals surface area contributed by atoms with Crippen molar-refractivity contribution in [1.82, 2.24) is 20.4 Å². The molecule has 0 aromatic carbocycles. The van der Waals surface area contributed by atoms with E-state index < -0.39 is 0 Å². The van der Waals surface area contributed by atoms with Crippen LogP contribution in [0.5, 0.6) is 0 Å². The van der Waals surface area contributed by atoms with Crippen LogP contribution in [0, 0.1) is 6.20 Å². The van der Waals surface area contributed by atoms with Crippen molar-refractivity contribution in [2.45, 2.75) is 46.0 Å². The van der Waals surface area contributed by atoms with Gasteiger partial charge in [-0.05, 0) is 12.5 Å². The van der Waals surface area contributed by atoms with E-state index in [4.69, 9.17) is 0 Å². The molecule has 0 saturated carbocycles. The van der Waals surface area contributed by atoms with E-state index in [2.05, 4.69) is 60.4 Å². The number of nitrogens with zero attached hydrogens (tertiary/aromatic N) is 2. The Morgan fingerprint density at radius 3 is 2.65 bits per heavy atom. The molecule has 91 valence electrons. The first-order chi connectivity index (χ1) is 8.02. The lowest BCUT2D eigenvalue weighted by Gasteiger charge is -2.14. The van der Waals surface area contributed by atoms with Gasteiger partial charge in [-0.1, -0.05) is 34.1 Å². The number of aromatic amines is 2. The van der Waals surface area contributed by atoms with Crippen molar-refractivity contribution in [3.05, 3.63) is 23.7 Å². The molecule has 2 aromatic heterocycles. The molecule has 17 heavy (non-hydrogen) atoms. The van der Waals surface area contributed by atoms with Gasteiger partial charge in [0.25, 0.3) is 0 Å². The molecule has 0 bridgehead atoms. The van der Waals surface area contributed by atoms with Gasteiger partial charge in [0.15, 0.2) is 0 Å². The van der Waals surface area contributed by atoms with Crippen LogP contribution in [0.4, 0.5) is 0 Å². The number of H-pyrrole nitrogens is 2. The molecule has 0 aliphatic carbocycles. The van der Waals surface area contributed by atoms with Crippen LogP contribution in [0.15, 0.2) is 6.07 Å². The Kier molecular flexibility index (Phi) is 3.05. The number of hydrogen-bond acceptors (Lipinski definition) is 2. The van der Waals surface area contributed by atoms with E-state index >= 15 is 0 Å². The van der Waals surface area contributed by atoms with Gasteiger partial charge < -0.3 is 0 Å². The summed E-state index contributed by atoms with van der Waals surface area (Å²) in [5, 5.41) is 14.4. The summed E-state index contributed by atoms with van der Waals surface area (Å²) in [5.41, 5.74) is 4.23. The van der Waals surface area contributed by atoms with Gasteiger partial charge in [0.05, 0.1) is 11.3 Å². The van der Waals surface area contributed by atoms with Crippen molar-refractivity contribution in [3.63, 3.8) is 0 Å². The third-order valence-electron chi connectivity index (χ3n) is 2.80. The minimum Gasteiger partial charge on any atom is -0.281 e. The van der Waals surface area contributed by atoms with Crippen molar-refractivity contribution < 1.29 is 0 Å². The third-order valence-corrected chi connectivity index (χ3v) is 2.80. The fourth-order valence-electron chi connectivity index (χ4n) is 1.75. The molecule has 0 aliphatic rings. The molecule has 0 atom stereocenters. The van der Waals surface area contributed by atoms with Crippen LogP contribution in [0.2, 0.25) is 0 Å². The summed E-state index contributed by atoms with van der Waals surface area (Å²) in [5.74, 6) is 0. The SMILES string of the molecule is CCCc1[nH]n[c]c1-c1cc(C(C)(C)C)[nH]n1. The van der Waals surface area contributed by atoms with Crippen LogP contribution in [-0.2, 0) is 11.8 Å². The van der Waals surface area contributed by atoms with Gasteiger partial charge in [0.2, 0.25) is 0 Å². The molecule has 0 unspecified atom stereocenters. The van der Waals surface area contributed by atoms with Crippen molar-refractivity contribution >= 4 is 0 Å². The second kappa shape index (κ2) is 4.35. The molecule has 2 N–H and O–H groups in total. The molecule has 4 nitrogen and oxygen atoms in total. The van der Waals surface area contributed by atoms with Gasteiger partial charge in [-0.2, -0.15) is 10.2 Å². The standard InChI is InChI=1S/C13H19N4/c1-5-6-10-9(8-14-15-10)11-7-12(17-16-11)13(2,3)4/h7H,5-6H2,1-4H3,(H,14,15)(H,16,17). The maximum Gasteiger partial charge on any atom is 0.123 e. The molecule has 0 fully saturated rings. The van der Waals surface area contributed by atoms with Crippen LogP contribution in [0.25, 0.3) is 11.3 Å². The summed E-state index contributed by atoms with van der Waals surface area (Å²) < 4.78 is 0. The fraction of sp³-hybridized carbons (Fsp3) is 0.538. The van der Waals surface area contributed by atoms with E-state index in [1.54, 1.807) is 0 Å². The monoisotopic (exact) mass is 231 g/mol. The Morgan fingerprint density at radius 2 is 2.06 bits per heavy atom. The topological polar surface area (TPSA) is 57.4 Å². The molecule has 4 heteroatoms. The molecule has 0 saturated heterocycles. The summed E-state index contributed by atoms with van der Waals surface area (Å²) in [6.07, 6.45) is 5.04. The number of nitrogens with one attached hydrogen (secondary N) is 2. The molecular formula is C13H19N4. The number of hydrogen-bond donors (Lipinski definition) is 2. The van der Waals surface area contributed by atoms with Crippen LogP contribution < -0.4 is 0 Å². The van der Waals surface area contributed by atoms with Gasteiger partial charge in [-0.3, -0.25) is 10.2 Å². The molecule has 0 amide bonds. The highest BCUT2D eigenvalue weighted by atomic mass is 15.1. The smallest absolute Gasteiger partial charge is 0.123 e. The highest BCUT2D eigenvalue weighted by molar-refractivity contribution is 5.60. The Labute approximate surface area is 102 Å². The summed E-state index contributed by atoms with van der Waals surface area (Å²) in [7, 11) is 0. The third kappa shape index (κ3) is 2.40. The highest BCUT2D eigenvalue weighted by Gasteiger charge is 2.18. The summed E-state index contributed by atoms with van der Waals surface area (Å²) in [4.78, 5) is 0. The van der Waals surface area contributed by atoms with E-state index in [1.165, 1.54) is 0 Å². The molecular weight excluding hydrogens is 212 g/mol. The predicted molar refractivity (Wildman–Crippen MR) is 67.7 cm³/mol. The van der Waals surface area contributed by atoms with Gasteiger partial charge in [0.1, 0.15) is 6.20 Å². The van der Waals surface area contributed by atoms with Gasteiger partial charge in [-0.25, -0.2) is 0 Å². The van der Waals surface area contributed by atoms with E-state index in [1.807, 2.05) is 0 Å². The normalized spacial score (nSPS) is 12.0. The Bertz CT molecular complexity index is 487. The van der Waals surface area contributed by atoms with Gasteiger partial charge in [0, 0.05) is 16.8 Å². The summed E-state index contributed by atoms with van der Waals surface area (Å²) in [6, 6.07) is 2.08. The average molecular weight is 231 g/mol. The second-order valence-corrected chi connectivity index (χ2v) is 5.36. The zero-order valence-corrected chi connectivity index (χ0v) is 10.9. The zero-order valence-electron chi connectivity index (χ0n) is 10.9.